The van der Waals surface area contributed by atoms with E-state index >= 15 is 0 Å². The third-order valence-corrected chi connectivity index (χ3v) is 4.08. The third kappa shape index (κ3) is 3.35. The van der Waals surface area contributed by atoms with Crippen LogP contribution >= 0.6 is 0 Å². The van der Waals surface area contributed by atoms with Crippen molar-refractivity contribution in [2.24, 2.45) is 0 Å². The fourth-order valence-corrected chi connectivity index (χ4v) is 2.67. The summed E-state index contributed by atoms with van der Waals surface area (Å²) < 4.78 is 26.4. The maximum absolute atomic E-state index is 12.0. The Morgan fingerprint density at radius 2 is 1.85 bits per heavy atom. The van der Waals surface area contributed by atoms with Gasteiger partial charge in [0.25, 0.3) is 0 Å². The molecule has 2 aromatic carbocycles. The average molecular weight is 288 g/mol. The van der Waals surface area contributed by atoms with Crippen LogP contribution in [0.15, 0.2) is 53.4 Å². The van der Waals surface area contributed by atoms with Gasteiger partial charge in [0.15, 0.2) is 0 Å². The highest BCUT2D eigenvalue weighted by atomic mass is 32.2. The Labute approximate surface area is 117 Å². The predicted molar refractivity (Wildman–Crippen MR) is 73.3 cm³/mol. The molecule has 0 aliphatic rings. The molecular formula is C14H12N2O3S. The first-order valence-electron chi connectivity index (χ1n) is 5.79. The summed E-state index contributed by atoms with van der Waals surface area (Å²) in [4.78, 5) is 0.00569. The van der Waals surface area contributed by atoms with Crippen LogP contribution in [0.3, 0.4) is 0 Å². The number of aromatic hydroxyl groups is 1. The summed E-state index contributed by atoms with van der Waals surface area (Å²) in [5, 5.41) is 18.0. The first kappa shape index (κ1) is 14.1. The van der Waals surface area contributed by atoms with Crippen LogP contribution in [0.1, 0.15) is 11.1 Å². The van der Waals surface area contributed by atoms with Gasteiger partial charge in [-0.3, -0.25) is 0 Å². The van der Waals surface area contributed by atoms with E-state index in [0.717, 1.165) is 5.56 Å². The Kier molecular flexibility index (Phi) is 4.03. The molecule has 0 spiro atoms. The first-order chi connectivity index (χ1) is 9.51. The number of phenols is 1. The lowest BCUT2D eigenvalue weighted by atomic mass is 10.1. The van der Waals surface area contributed by atoms with Gasteiger partial charge in [-0.2, -0.15) is 5.26 Å². The zero-order valence-electron chi connectivity index (χ0n) is 10.4. The molecule has 0 atom stereocenters. The SMILES string of the molecule is N#Cc1ccc(CNS(=O)(=O)c2cccc(O)c2)cc1. The molecule has 2 aromatic rings. The molecule has 6 heteroatoms. The minimum absolute atomic E-state index is 0.00569. The Balaban J connectivity index is 2.11. The van der Waals surface area contributed by atoms with Crippen LogP contribution < -0.4 is 4.72 Å². The van der Waals surface area contributed by atoms with Gasteiger partial charge in [-0.15, -0.1) is 0 Å². The van der Waals surface area contributed by atoms with E-state index < -0.39 is 10.0 Å². The summed E-state index contributed by atoms with van der Waals surface area (Å²) in [6.45, 7) is 0.115. The van der Waals surface area contributed by atoms with E-state index in [9.17, 15) is 13.5 Å². The topological polar surface area (TPSA) is 90.2 Å². The Bertz CT molecular complexity index is 747. The summed E-state index contributed by atoms with van der Waals surface area (Å²) in [5.74, 6) is -0.105. The molecule has 0 aliphatic heterocycles. The van der Waals surface area contributed by atoms with Crippen LogP contribution in [-0.2, 0) is 16.6 Å². The Morgan fingerprint density at radius 3 is 2.45 bits per heavy atom. The van der Waals surface area contributed by atoms with Crippen molar-refractivity contribution in [1.82, 2.24) is 4.72 Å². The molecule has 0 bridgehead atoms. The standard InChI is InChI=1S/C14H12N2O3S/c15-9-11-4-6-12(7-5-11)10-16-20(18,19)14-3-1-2-13(17)8-14/h1-8,16-17H,10H2. The molecule has 0 heterocycles. The lowest BCUT2D eigenvalue weighted by molar-refractivity contribution is 0.473. The molecule has 5 nitrogen and oxygen atoms in total. The van der Waals surface area contributed by atoms with Gasteiger partial charge >= 0.3 is 0 Å². The third-order valence-electron chi connectivity index (χ3n) is 2.68. The monoisotopic (exact) mass is 288 g/mol. The number of hydrogen-bond donors (Lipinski definition) is 2. The second-order valence-electron chi connectivity index (χ2n) is 4.13. The molecule has 0 fully saturated rings. The number of hydrogen-bond acceptors (Lipinski definition) is 4. The van der Waals surface area contributed by atoms with Crippen LogP contribution in [-0.4, -0.2) is 13.5 Å². The second-order valence-corrected chi connectivity index (χ2v) is 5.90. The van der Waals surface area contributed by atoms with Crippen molar-refractivity contribution in [3.63, 3.8) is 0 Å². The first-order valence-corrected chi connectivity index (χ1v) is 7.27. The highest BCUT2D eigenvalue weighted by Gasteiger charge is 2.13. The summed E-state index contributed by atoms with van der Waals surface area (Å²) in [6, 6.07) is 14.1. The molecule has 0 saturated carbocycles. The van der Waals surface area contributed by atoms with Crippen molar-refractivity contribution in [3.8, 4) is 11.8 Å². The van der Waals surface area contributed by atoms with Crippen molar-refractivity contribution in [3.05, 3.63) is 59.7 Å². The van der Waals surface area contributed by atoms with E-state index in [2.05, 4.69) is 4.72 Å². The van der Waals surface area contributed by atoms with Crippen LogP contribution in [0.25, 0.3) is 0 Å². The molecule has 0 saturated heterocycles. The second kappa shape index (κ2) is 5.74. The van der Waals surface area contributed by atoms with Crippen molar-refractivity contribution in [2.45, 2.75) is 11.4 Å². The molecule has 0 aromatic heterocycles. The Hall–Kier alpha value is -2.36. The highest BCUT2D eigenvalue weighted by Crippen LogP contribution is 2.16. The molecule has 2 N–H and O–H groups in total. The number of sulfonamides is 1. The fourth-order valence-electron chi connectivity index (χ4n) is 1.61. The number of nitrogens with one attached hydrogen (secondary N) is 1. The van der Waals surface area contributed by atoms with Crippen molar-refractivity contribution in [1.29, 1.82) is 5.26 Å². The lowest BCUT2D eigenvalue weighted by Crippen LogP contribution is -2.23. The van der Waals surface area contributed by atoms with Gasteiger partial charge < -0.3 is 5.11 Å². The van der Waals surface area contributed by atoms with E-state index in [1.54, 1.807) is 24.3 Å². The van der Waals surface area contributed by atoms with E-state index in [1.807, 2.05) is 6.07 Å². The zero-order chi connectivity index (χ0) is 14.6. The average Bonchev–Trinajstić information content (AvgIpc) is 2.46. The predicted octanol–water partition coefficient (Wildman–Crippen LogP) is 1.74. The van der Waals surface area contributed by atoms with Gasteiger partial charge in [0.2, 0.25) is 10.0 Å². The lowest BCUT2D eigenvalue weighted by Gasteiger charge is -2.07. The maximum Gasteiger partial charge on any atom is 0.241 e. The normalized spacial score (nSPS) is 10.9. The molecule has 2 rings (SSSR count). The molecule has 102 valence electrons. The molecular weight excluding hydrogens is 276 g/mol. The quantitative estimate of drug-likeness (QED) is 0.896. The van der Waals surface area contributed by atoms with E-state index in [0.29, 0.717) is 5.56 Å². The van der Waals surface area contributed by atoms with E-state index in [4.69, 9.17) is 5.26 Å². The molecule has 0 unspecified atom stereocenters. The van der Waals surface area contributed by atoms with E-state index in [-0.39, 0.29) is 17.2 Å². The van der Waals surface area contributed by atoms with Gasteiger partial charge in [0.1, 0.15) is 5.75 Å². The van der Waals surface area contributed by atoms with Gasteiger partial charge in [-0.1, -0.05) is 18.2 Å². The van der Waals surface area contributed by atoms with Gasteiger partial charge in [-0.25, -0.2) is 13.1 Å². The van der Waals surface area contributed by atoms with Crippen molar-refractivity contribution < 1.29 is 13.5 Å². The summed E-state index contributed by atoms with van der Waals surface area (Å²) in [5.41, 5.74) is 1.26. The summed E-state index contributed by atoms with van der Waals surface area (Å²) in [7, 11) is -3.67. The smallest absolute Gasteiger partial charge is 0.241 e. The number of nitrogens with zero attached hydrogens (tertiary/aromatic N) is 1. The van der Waals surface area contributed by atoms with Crippen molar-refractivity contribution >= 4 is 10.0 Å². The van der Waals surface area contributed by atoms with Crippen LogP contribution in [0.5, 0.6) is 5.75 Å². The maximum atomic E-state index is 12.0. The van der Waals surface area contributed by atoms with Crippen LogP contribution in [0, 0.1) is 11.3 Å². The molecule has 0 radical (unpaired) electrons. The number of rotatable bonds is 4. The van der Waals surface area contributed by atoms with Gasteiger partial charge in [-0.05, 0) is 35.9 Å². The number of phenolic OH excluding ortho intramolecular Hbond substituents is 1. The van der Waals surface area contributed by atoms with Crippen molar-refractivity contribution in [2.75, 3.05) is 0 Å². The molecule has 20 heavy (non-hydrogen) atoms. The summed E-state index contributed by atoms with van der Waals surface area (Å²) >= 11 is 0. The van der Waals surface area contributed by atoms with Crippen LogP contribution in [0.4, 0.5) is 0 Å². The van der Waals surface area contributed by atoms with E-state index in [1.165, 1.54) is 24.3 Å². The summed E-state index contributed by atoms with van der Waals surface area (Å²) in [6.07, 6.45) is 0. The number of nitriles is 1. The van der Waals surface area contributed by atoms with Gasteiger partial charge in [0, 0.05) is 6.54 Å². The molecule has 0 aliphatic carbocycles. The minimum Gasteiger partial charge on any atom is -0.508 e. The highest BCUT2D eigenvalue weighted by molar-refractivity contribution is 7.89. The van der Waals surface area contributed by atoms with Crippen LogP contribution in [0.2, 0.25) is 0 Å². The fraction of sp³-hybridized carbons (Fsp3) is 0.0714. The Morgan fingerprint density at radius 1 is 1.15 bits per heavy atom. The minimum atomic E-state index is -3.67. The zero-order valence-corrected chi connectivity index (χ0v) is 11.3. The number of benzene rings is 2. The largest absolute Gasteiger partial charge is 0.508 e. The molecule has 0 amide bonds. The van der Waals surface area contributed by atoms with Gasteiger partial charge in [0.05, 0.1) is 16.5 Å².